The highest BCUT2D eigenvalue weighted by Crippen LogP contribution is 2.24. The molecule has 0 bridgehead atoms. The molecule has 0 spiro atoms. The Labute approximate surface area is 181 Å². The first kappa shape index (κ1) is 21.8. The van der Waals surface area contributed by atoms with Crippen LogP contribution in [0.3, 0.4) is 0 Å². The Morgan fingerprint density at radius 1 is 1.17 bits per heavy atom. The van der Waals surface area contributed by atoms with Crippen LogP contribution >= 0.6 is 11.6 Å². The molecule has 0 aliphatic rings. The molecule has 1 atom stereocenters. The maximum absolute atomic E-state index is 13.1. The summed E-state index contributed by atoms with van der Waals surface area (Å²) in [5.41, 5.74) is 0.519. The third kappa shape index (κ3) is 4.65. The summed E-state index contributed by atoms with van der Waals surface area (Å²) < 4.78 is 7.21. The van der Waals surface area contributed by atoms with Crippen LogP contribution in [-0.4, -0.2) is 33.5 Å². The lowest BCUT2D eigenvalue weighted by Gasteiger charge is -2.31. The molecule has 0 saturated heterocycles. The Hall–Kier alpha value is -2.86. The van der Waals surface area contributed by atoms with E-state index >= 15 is 0 Å². The summed E-state index contributed by atoms with van der Waals surface area (Å²) in [7, 11) is 1.71. The van der Waals surface area contributed by atoms with Crippen LogP contribution in [0.15, 0.2) is 53.3 Å². The molecule has 3 aromatic rings. The number of benzene rings is 2. The Kier molecular flexibility index (Phi) is 7.11. The minimum atomic E-state index is -0.325. The molecule has 1 heterocycles. The molecule has 0 fully saturated rings. The van der Waals surface area contributed by atoms with Gasteiger partial charge in [0.25, 0.3) is 11.5 Å². The van der Waals surface area contributed by atoms with Crippen molar-refractivity contribution in [1.82, 2.24) is 14.5 Å². The fraction of sp³-hybridized carbons (Fsp3) is 0.348. The zero-order chi connectivity index (χ0) is 21.7. The lowest BCUT2D eigenvalue weighted by atomic mass is 10.1. The van der Waals surface area contributed by atoms with Gasteiger partial charge in [0.05, 0.1) is 16.9 Å². The third-order valence-corrected chi connectivity index (χ3v) is 5.29. The van der Waals surface area contributed by atoms with E-state index in [4.69, 9.17) is 21.3 Å². The summed E-state index contributed by atoms with van der Waals surface area (Å²) in [6, 6.07) is 13.8. The van der Waals surface area contributed by atoms with Crippen LogP contribution in [0.2, 0.25) is 5.02 Å². The molecule has 0 aliphatic carbocycles. The van der Waals surface area contributed by atoms with Gasteiger partial charge in [-0.2, -0.15) is 0 Å². The van der Waals surface area contributed by atoms with Gasteiger partial charge in [-0.15, -0.1) is 0 Å². The second-order valence-corrected chi connectivity index (χ2v) is 7.54. The van der Waals surface area contributed by atoms with Crippen molar-refractivity contribution in [2.75, 3.05) is 13.2 Å². The molecule has 1 aromatic heterocycles. The highest BCUT2D eigenvalue weighted by molar-refractivity contribution is 6.30. The average Bonchev–Trinajstić information content (AvgIpc) is 2.76. The number of aromatic nitrogens is 2. The summed E-state index contributed by atoms with van der Waals surface area (Å²) in [6.45, 7) is 4.45. The number of carbonyl (C=O) groups is 1. The van der Waals surface area contributed by atoms with Crippen LogP contribution in [0.25, 0.3) is 10.9 Å². The Bertz CT molecular complexity index is 1080. The van der Waals surface area contributed by atoms with Gasteiger partial charge in [0.2, 0.25) is 0 Å². The number of hydrogen-bond donors (Lipinski definition) is 0. The number of hydrogen-bond acceptors (Lipinski definition) is 4. The predicted octanol–water partition coefficient (Wildman–Crippen LogP) is 4.36. The normalized spacial score (nSPS) is 12.0. The zero-order valence-electron chi connectivity index (χ0n) is 17.5. The molecule has 7 heteroatoms. The Morgan fingerprint density at radius 2 is 1.87 bits per heavy atom. The topological polar surface area (TPSA) is 64.4 Å². The molecule has 0 radical (unpaired) electrons. The van der Waals surface area contributed by atoms with Crippen LogP contribution in [-0.2, 0) is 11.8 Å². The van der Waals surface area contributed by atoms with Crippen LogP contribution in [0.1, 0.15) is 38.6 Å². The van der Waals surface area contributed by atoms with Gasteiger partial charge >= 0.3 is 0 Å². The number of halogens is 1. The summed E-state index contributed by atoms with van der Waals surface area (Å²) in [5.74, 6) is 1.00. The van der Waals surface area contributed by atoms with Crippen molar-refractivity contribution in [3.63, 3.8) is 0 Å². The number of para-hydroxylation sites is 1. The lowest BCUT2D eigenvalue weighted by Crippen LogP contribution is -2.41. The fourth-order valence-corrected chi connectivity index (χ4v) is 3.66. The molecule has 0 N–H and O–H groups in total. The van der Waals surface area contributed by atoms with E-state index in [1.165, 1.54) is 0 Å². The van der Waals surface area contributed by atoms with Crippen molar-refractivity contribution in [2.24, 2.45) is 7.05 Å². The largest absolute Gasteiger partial charge is 0.484 e. The van der Waals surface area contributed by atoms with Gasteiger partial charge in [-0.25, -0.2) is 4.98 Å². The lowest BCUT2D eigenvalue weighted by molar-refractivity contribution is -0.136. The Balaban J connectivity index is 1.90. The summed E-state index contributed by atoms with van der Waals surface area (Å²) in [6.07, 6.45) is 1.41. The molecular formula is C23H26ClN3O3. The van der Waals surface area contributed by atoms with Crippen LogP contribution in [0.4, 0.5) is 0 Å². The van der Waals surface area contributed by atoms with Crippen molar-refractivity contribution >= 4 is 28.4 Å². The minimum Gasteiger partial charge on any atom is -0.484 e. The van der Waals surface area contributed by atoms with Crippen molar-refractivity contribution < 1.29 is 9.53 Å². The molecule has 0 aliphatic heterocycles. The van der Waals surface area contributed by atoms with Crippen molar-refractivity contribution in [3.05, 3.63) is 69.7 Å². The van der Waals surface area contributed by atoms with Gasteiger partial charge in [-0.3, -0.25) is 14.2 Å². The molecule has 3 rings (SSSR count). The first-order chi connectivity index (χ1) is 14.5. The highest BCUT2D eigenvalue weighted by Gasteiger charge is 2.27. The molecule has 0 saturated carbocycles. The summed E-state index contributed by atoms with van der Waals surface area (Å²) >= 11 is 5.90. The van der Waals surface area contributed by atoms with Gasteiger partial charge in [-0.05, 0) is 49.2 Å². The first-order valence-corrected chi connectivity index (χ1v) is 10.5. The van der Waals surface area contributed by atoms with E-state index in [1.807, 2.05) is 32.0 Å². The van der Waals surface area contributed by atoms with Crippen molar-refractivity contribution in [2.45, 2.75) is 32.7 Å². The molecular weight excluding hydrogens is 402 g/mol. The molecule has 30 heavy (non-hydrogen) atoms. The summed E-state index contributed by atoms with van der Waals surface area (Å²) in [4.78, 5) is 32.4. The summed E-state index contributed by atoms with van der Waals surface area (Å²) in [5, 5.41) is 1.17. The number of ether oxygens (including phenoxy) is 1. The van der Waals surface area contributed by atoms with Crippen molar-refractivity contribution in [3.8, 4) is 5.75 Å². The van der Waals surface area contributed by atoms with E-state index in [1.54, 1.807) is 46.8 Å². The molecule has 158 valence electrons. The average molecular weight is 428 g/mol. The first-order valence-electron chi connectivity index (χ1n) is 10.1. The fourth-order valence-electron chi connectivity index (χ4n) is 3.53. The van der Waals surface area contributed by atoms with Crippen molar-refractivity contribution in [1.29, 1.82) is 0 Å². The third-order valence-electron chi connectivity index (χ3n) is 5.04. The Morgan fingerprint density at radius 3 is 2.53 bits per heavy atom. The van der Waals surface area contributed by atoms with E-state index in [-0.39, 0.29) is 24.1 Å². The van der Waals surface area contributed by atoms with Gasteiger partial charge < -0.3 is 9.64 Å². The smallest absolute Gasteiger partial charge is 0.261 e. The second-order valence-electron chi connectivity index (χ2n) is 7.11. The molecule has 1 amide bonds. The van der Waals surface area contributed by atoms with Crippen LogP contribution < -0.4 is 10.3 Å². The molecule has 6 nitrogen and oxygen atoms in total. The number of amides is 1. The maximum Gasteiger partial charge on any atom is 0.261 e. The molecule has 1 unspecified atom stereocenters. The van der Waals surface area contributed by atoms with Gasteiger partial charge in [0, 0.05) is 18.6 Å². The van der Waals surface area contributed by atoms with Gasteiger partial charge in [-0.1, -0.05) is 37.6 Å². The zero-order valence-corrected chi connectivity index (χ0v) is 18.2. The number of rotatable bonds is 8. The predicted molar refractivity (Wildman–Crippen MR) is 119 cm³/mol. The maximum atomic E-state index is 13.1. The minimum absolute atomic E-state index is 0.0976. The molecule has 2 aromatic carbocycles. The second kappa shape index (κ2) is 9.76. The highest BCUT2D eigenvalue weighted by atomic mass is 35.5. The van der Waals surface area contributed by atoms with E-state index in [2.05, 4.69) is 0 Å². The number of nitrogens with zero attached hydrogens (tertiary/aromatic N) is 3. The van der Waals surface area contributed by atoms with Gasteiger partial charge in [0.15, 0.2) is 6.61 Å². The van der Waals surface area contributed by atoms with E-state index in [0.29, 0.717) is 40.5 Å². The monoisotopic (exact) mass is 427 g/mol. The standard InChI is InChI=1S/C23H26ClN3O3/c1-4-14-27(21(28)15-30-17-12-10-16(24)11-13-17)20(5-2)22-25-19-9-7-6-8-18(19)23(29)26(22)3/h6-13,20H,4-5,14-15H2,1-3H3. The van der Waals surface area contributed by atoms with E-state index in [9.17, 15) is 9.59 Å². The number of carbonyl (C=O) groups excluding carboxylic acids is 1. The van der Waals surface area contributed by atoms with Crippen LogP contribution in [0.5, 0.6) is 5.75 Å². The van der Waals surface area contributed by atoms with Crippen LogP contribution in [0, 0.1) is 0 Å². The quantitative estimate of drug-likeness (QED) is 0.536. The SMILES string of the molecule is CCCN(C(=O)COc1ccc(Cl)cc1)C(CC)c1nc2ccccc2c(=O)n1C. The van der Waals surface area contributed by atoms with Gasteiger partial charge in [0.1, 0.15) is 11.6 Å². The van der Waals surface area contributed by atoms with E-state index < -0.39 is 0 Å². The van der Waals surface area contributed by atoms with E-state index in [0.717, 1.165) is 6.42 Å². The number of fused-ring (bicyclic) bond motifs is 1.